The van der Waals surface area contributed by atoms with E-state index in [2.05, 4.69) is 5.32 Å². The van der Waals surface area contributed by atoms with Crippen LogP contribution in [0.1, 0.15) is 19.8 Å². The van der Waals surface area contributed by atoms with E-state index in [0.29, 0.717) is 0 Å². The van der Waals surface area contributed by atoms with Crippen LogP contribution in [0.15, 0.2) is 0 Å². The molecule has 1 fully saturated rings. The monoisotopic (exact) mass is 171 g/mol. The third-order valence-corrected chi connectivity index (χ3v) is 2.05. The van der Waals surface area contributed by atoms with Gasteiger partial charge in [0.1, 0.15) is 6.10 Å². The molecule has 1 aliphatic heterocycles. The van der Waals surface area contributed by atoms with Gasteiger partial charge in [-0.05, 0) is 32.9 Å². The minimum atomic E-state index is -0.631. The smallest absolute Gasteiger partial charge is 0.267 e. The summed E-state index contributed by atoms with van der Waals surface area (Å²) in [5.74, 6) is -0.631. The normalized spacial score (nSPS) is 22.1. The van der Waals surface area contributed by atoms with Gasteiger partial charge < -0.3 is 10.1 Å². The second kappa shape index (κ2) is 4.42. The molecule has 4 heteroatoms. The van der Waals surface area contributed by atoms with E-state index in [9.17, 15) is 4.79 Å². The number of hydrogen-bond donors (Lipinski definition) is 1. The Morgan fingerprint density at radius 1 is 1.58 bits per heavy atom. The average Bonchev–Trinajstić information content (AvgIpc) is 2.06. The molecule has 1 heterocycles. The predicted octanol–water partition coefficient (Wildman–Crippen LogP) is -0.0470. The van der Waals surface area contributed by atoms with Gasteiger partial charge in [0, 0.05) is 0 Å². The van der Waals surface area contributed by atoms with Gasteiger partial charge in [0.25, 0.3) is 5.91 Å². The lowest BCUT2D eigenvalue weighted by Gasteiger charge is -2.24. The molecule has 1 radical (unpaired) electrons. The minimum Gasteiger partial charge on any atom is -0.365 e. The Balaban J connectivity index is 2.24. The van der Waals surface area contributed by atoms with Gasteiger partial charge in [0.2, 0.25) is 0 Å². The van der Waals surface area contributed by atoms with Crippen LogP contribution < -0.4 is 11.1 Å². The molecule has 0 aromatic heterocycles. The number of amides is 1. The van der Waals surface area contributed by atoms with E-state index in [4.69, 9.17) is 10.5 Å². The first-order chi connectivity index (χ1) is 5.70. The van der Waals surface area contributed by atoms with Gasteiger partial charge in [-0.25, -0.2) is 0 Å². The van der Waals surface area contributed by atoms with Gasteiger partial charge in [-0.2, -0.15) is 0 Å². The molecular formula is C8H15N2O2. The van der Waals surface area contributed by atoms with Crippen molar-refractivity contribution in [1.29, 1.82) is 0 Å². The zero-order valence-electron chi connectivity index (χ0n) is 7.30. The lowest BCUT2D eigenvalue weighted by molar-refractivity contribution is -0.133. The quantitative estimate of drug-likeness (QED) is 0.647. The van der Waals surface area contributed by atoms with Gasteiger partial charge in [0.15, 0.2) is 0 Å². The van der Waals surface area contributed by atoms with E-state index in [0.717, 1.165) is 25.9 Å². The zero-order valence-corrected chi connectivity index (χ0v) is 7.30. The molecule has 1 atom stereocenters. The van der Waals surface area contributed by atoms with E-state index in [1.807, 2.05) is 0 Å². The highest BCUT2D eigenvalue weighted by Crippen LogP contribution is 2.09. The van der Waals surface area contributed by atoms with Gasteiger partial charge in [-0.3, -0.25) is 10.5 Å². The third-order valence-electron chi connectivity index (χ3n) is 2.05. The molecule has 1 aliphatic rings. The van der Waals surface area contributed by atoms with E-state index in [-0.39, 0.29) is 6.10 Å². The fourth-order valence-corrected chi connectivity index (χ4v) is 1.28. The van der Waals surface area contributed by atoms with Crippen molar-refractivity contribution in [3.05, 3.63) is 0 Å². The van der Waals surface area contributed by atoms with Crippen LogP contribution in [0.5, 0.6) is 0 Å². The molecule has 1 unspecified atom stereocenters. The fourth-order valence-electron chi connectivity index (χ4n) is 1.28. The summed E-state index contributed by atoms with van der Waals surface area (Å²) in [4.78, 5) is 10.5. The summed E-state index contributed by atoms with van der Waals surface area (Å²) in [5, 5.41) is 3.21. The summed E-state index contributed by atoms with van der Waals surface area (Å²) in [6.45, 7) is 3.53. The highest BCUT2D eigenvalue weighted by Gasteiger charge is 2.19. The Labute approximate surface area is 72.5 Å². The van der Waals surface area contributed by atoms with Gasteiger partial charge in [-0.15, -0.1) is 0 Å². The Kier molecular flexibility index (Phi) is 3.49. The lowest BCUT2D eigenvalue weighted by atomic mass is 10.1. The van der Waals surface area contributed by atoms with Crippen molar-refractivity contribution in [3.8, 4) is 0 Å². The first kappa shape index (κ1) is 9.48. The highest BCUT2D eigenvalue weighted by atomic mass is 16.5. The molecular weight excluding hydrogens is 156 g/mol. The van der Waals surface area contributed by atoms with E-state index in [1.54, 1.807) is 6.92 Å². The molecule has 12 heavy (non-hydrogen) atoms. The Morgan fingerprint density at radius 2 is 2.17 bits per heavy atom. The maximum Gasteiger partial charge on any atom is 0.267 e. The SMILES string of the molecule is CC(OC1CCNCC1)C([NH])=O. The molecule has 0 bridgehead atoms. The second-order valence-corrected chi connectivity index (χ2v) is 3.09. The van der Waals surface area contributed by atoms with Crippen LogP contribution >= 0.6 is 0 Å². The zero-order chi connectivity index (χ0) is 8.97. The van der Waals surface area contributed by atoms with Crippen molar-refractivity contribution in [2.24, 2.45) is 0 Å². The van der Waals surface area contributed by atoms with Gasteiger partial charge >= 0.3 is 0 Å². The van der Waals surface area contributed by atoms with Crippen molar-refractivity contribution in [3.63, 3.8) is 0 Å². The molecule has 1 rings (SSSR count). The molecule has 0 aromatic rings. The number of rotatable bonds is 3. The largest absolute Gasteiger partial charge is 0.365 e. The van der Waals surface area contributed by atoms with Crippen LogP contribution in [0.4, 0.5) is 0 Å². The molecule has 2 N–H and O–H groups in total. The second-order valence-electron chi connectivity index (χ2n) is 3.09. The number of nitrogens with one attached hydrogen (secondary N) is 2. The third kappa shape index (κ3) is 2.79. The predicted molar refractivity (Wildman–Crippen MR) is 44.5 cm³/mol. The molecule has 0 saturated carbocycles. The minimum absolute atomic E-state index is 0.163. The van der Waals surface area contributed by atoms with Crippen LogP contribution in [-0.2, 0) is 9.53 Å². The van der Waals surface area contributed by atoms with Crippen LogP contribution in [0.25, 0.3) is 0 Å². The van der Waals surface area contributed by atoms with Crippen LogP contribution in [-0.4, -0.2) is 31.2 Å². The maximum absolute atomic E-state index is 10.5. The number of ether oxygens (including phenoxy) is 1. The van der Waals surface area contributed by atoms with E-state index >= 15 is 0 Å². The van der Waals surface area contributed by atoms with Crippen molar-refractivity contribution in [1.82, 2.24) is 11.1 Å². The summed E-state index contributed by atoms with van der Waals surface area (Å²) in [6.07, 6.45) is 1.48. The summed E-state index contributed by atoms with van der Waals surface area (Å²) < 4.78 is 5.38. The Bertz CT molecular complexity index is 155. The molecule has 69 valence electrons. The van der Waals surface area contributed by atoms with Crippen molar-refractivity contribution in [2.75, 3.05) is 13.1 Å². The Morgan fingerprint density at radius 3 is 2.67 bits per heavy atom. The van der Waals surface area contributed by atoms with Gasteiger partial charge in [0.05, 0.1) is 6.10 Å². The van der Waals surface area contributed by atoms with E-state index < -0.39 is 12.0 Å². The van der Waals surface area contributed by atoms with Crippen molar-refractivity contribution < 1.29 is 9.53 Å². The molecule has 0 aliphatic carbocycles. The van der Waals surface area contributed by atoms with E-state index in [1.165, 1.54) is 0 Å². The first-order valence-electron chi connectivity index (χ1n) is 4.32. The number of piperidine rings is 1. The molecule has 0 spiro atoms. The standard InChI is InChI=1S/C8H15N2O2/c1-6(8(9)11)12-7-2-4-10-5-3-7/h6-7,9-10H,2-5H2,1H3. The molecule has 1 saturated heterocycles. The van der Waals surface area contributed by atoms with Crippen molar-refractivity contribution >= 4 is 5.91 Å². The summed E-state index contributed by atoms with van der Waals surface area (Å²) in [5.41, 5.74) is 6.82. The highest BCUT2D eigenvalue weighted by molar-refractivity contribution is 5.77. The van der Waals surface area contributed by atoms with Crippen molar-refractivity contribution in [2.45, 2.75) is 32.0 Å². The maximum atomic E-state index is 10.5. The summed E-state index contributed by atoms with van der Waals surface area (Å²) in [7, 11) is 0. The first-order valence-corrected chi connectivity index (χ1v) is 4.32. The fraction of sp³-hybridized carbons (Fsp3) is 0.875. The van der Waals surface area contributed by atoms with Crippen LogP contribution in [0, 0.1) is 0 Å². The Hall–Kier alpha value is -0.610. The lowest BCUT2D eigenvalue weighted by Crippen LogP contribution is -2.36. The van der Waals surface area contributed by atoms with Crippen LogP contribution in [0.3, 0.4) is 0 Å². The average molecular weight is 171 g/mol. The summed E-state index contributed by atoms with van der Waals surface area (Å²) >= 11 is 0. The topological polar surface area (TPSA) is 62.1 Å². The van der Waals surface area contributed by atoms with Crippen LogP contribution in [0.2, 0.25) is 0 Å². The summed E-state index contributed by atoms with van der Waals surface area (Å²) in [6, 6.07) is 0. The number of carbonyl (C=O) groups excluding carboxylic acids is 1. The van der Waals surface area contributed by atoms with Gasteiger partial charge in [-0.1, -0.05) is 0 Å². The molecule has 1 amide bonds. The number of carbonyl (C=O) groups is 1. The molecule has 0 aromatic carbocycles. The number of hydrogen-bond acceptors (Lipinski definition) is 3. The molecule has 4 nitrogen and oxygen atoms in total.